The molecule has 2 heterocycles. The fourth-order valence-electron chi connectivity index (χ4n) is 3.91. The number of aliphatic hydroxyl groups is 1. The summed E-state index contributed by atoms with van der Waals surface area (Å²) in [5.74, 6) is -1.48. The van der Waals surface area contributed by atoms with Crippen LogP contribution in [0.4, 0.5) is 20.5 Å². The number of nitrogens with one attached hydrogen (secondary N) is 1. The zero-order chi connectivity index (χ0) is 23.9. The third-order valence-corrected chi connectivity index (χ3v) is 6.64. The highest BCUT2D eigenvalue weighted by molar-refractivity contribution is 7.21. The van der Waals surface area contributed by atoms with E-state index in [1.807, 2.05) is 0 Å². The number of rotatable bonds is 7. The molecule has 176 valence electrons. The summed E-state index contributed by atoms with van der Waals surface area (Å²) in [6, 6.07) is 1.56. The third-order valence-electron chi connectivity index (χ3n) is 5.35. The van der Waals surface area contributed by atoms with E-state index < -0.39 is 23.5 Å². The van der Waals surface area contributed by atoms with Crippen molar-refractivity contribution in [3.8, 4) is 10.6 Å². The number of halogens is 3. The van der Waals surface area contributed by atoms with Crippen molar-refractivity contribution in [3.05, 3.63) is 33.8 Å². The van der Waals surface area contributed by atoms with Crippen LogP contribution in [-0.4, -0.2) is 44.5 Å². The van der Waals surface area contributed by atoms with Gasteiger partial charge in [0.25, 0.3) is 0 Å². The van der Waals surface area contributed by atoms with Gasteiger partial charge in [0.2, 0.25) is 5.95 Å². The van der Waals surface area contributed by atoms with Crippen molar-refractivity contribution in [1.82, 2.24) is 15.0 Å². The first-order chi connectivity index (χ1) is 15.6. The summed E-state index contributed by atoms with van der Waals surface area (Å²) >= 11 is 7.40. The molecule has 33 heavy (non-hydrogen) atoms. The van der Waals surface area contributed by atoms with Gasteiger partial charge in [-0.2, -0.15) is 4.98 Å². The van der Waals surface area contributed by atoms with Crippen LogP contribution in [0.1, 0.15) is 26.7 Å². The summed E-state index contributed by atoms with van der Waals surface area (Å²) < 4.78 is 34.1. The number of aromatic nitrogens is 3. The first kappa shape index (κ1) is 23.6. The fraction of sp³-hybridized carbons (Fsp3) is 0.450. The monoisotopic (exact) mass is 498 g/mol. The van der Waals surface area contributed by atoms with E-state index in [0.29, 0.717) is 17.5 Å². The topological polar surface area (TPSA) is 136 Å². The van der Waals surface area contributed by atoms with Gasteiger partial charge in [0.15, 0.2) is 11.5 Å². The number of nitrogen functional groups attached to an aromatic ring is 1. The number of anilines is 2. The normalized spacial score (nSPS) is 21.0. The number of benzene rings is 1. The van der Waals surface area contributed by atoms with Crippen molar-refractivity contribution in [2.75, 3.05) is 17.7 Å². The highest BCUT2D eigenvalue weighted by Crippen LogP contribution is 2.41. The molecule has 4 rings (SSSR count). The predicted octanol–water partition coefficient (Wildman–Crippen LogP) is 4.34. The average molecular weight is 499 g/mol. The van der Waals surface area contributed by atoms with E-state index in [2.05, 4.69) is 25.4 Å². The van der Waals surface area contributed by atoms with Gasteiger partial charge in [0, 0.05) is 12.7 Å². The Morgan fingerprint density at radius 1 is 1.33 bits per heavy atom. The lowest BCUT2D eigenvalue weighted by Gasteiger charge is -2.28. The van der Waals surface area contributed by atoms with Gasteiger partial charge < -0.3 is 20.9 Å². The standard InChI is InChI=1S/C20H21ClF2N6O3S/c1-20(2,29-31)32-12-4-8(7-30)3-11(12)25-17-14(16(21)27-19(24)28-17)18-26-15-10(23)5-9(22)6-13(15)33-18/h5-6,8,11-12,30H,3-4,7H2,1-2H3,(H3,24,25,27,28)/t8-,11+,12+/m0/s1. The maximum atomic E-state index is 14.2. The van der Waals surface area contributed by atoms with Crippen LogP contribution in [0, 0.1) is 22.5 Å². The Morgan fingerprint density at radius 3 is 2.79 bits per heavy atom. The smallest absolute Gasteiger partial charge is 0.223 e. The van der Waals surface area contributed by atoms with Crippen molar-refractivity contribution in [3.63, 3.8) is 0 Å². The molecule has 13 heteroatoms. The Bertz CT molecular complexity index is 1210. The molecule has 1 aromatic carbocycles. The molecule has 0 unspecified atom stereocenters. The molecule has 9 nitrogen and oxygen atoms in total. The van der Waals surface area contributed by atoms with E-state index >= 15 is 0 Å². The number of nitrogens with two attached hydrogens (primary N) is 1. The second-order valence-corrected chi connectivity index (χ2v) is 9.70. The minimum atomic E-state index is -1.27. The first-order valence-corrected chi connectivity index (χ1v) is 11.3. The first-order valence-electron chi connectivity index (χ1n) is 10.1. The van der Waals surface area contributed by atoms with Crippen LogP contribution < -0.4 is 11.1 Å². The maximum absolute atomic E-state index is 14.2. The van der Waals surface area contributed by atoms with E-state index in [-0.39, 0.29) is 51.6 Å². The summed E-state index contributed by atoms with van der Waals surface area (Å²) in [6.07, 6.45) is 0.527. The Kier molecular flexibility index (Phi) is 6.45. The molecule has 3 atom stereocenters. The van der Waals surface area contributed by atoms with E-state index in [1.165, 1.54) is 6.07 Å². The summed E-state index contributed by atoms with van der Waals surface area (Å²) in [4.78, 5) is 23.6. The molecule has 0 spiro atoms. The number of nitrogens with zero attached hydrogens (tertiary/aromatic N) is 4. The van der Waals surface area contributed by atoms with Gasteiger partial charge in [-0.15, -0.1) is 16.2 Å². The zero-order valence-corrected chi connectivity index (χ0v) is 19.3. The Labute approximate surface area is 196 Å². The minimum absolute atomic E-state index is 0.00327. The maximum Gasteiger partial charge on any atom is 0.223 e. The van der Waals surface area contributed by atoms with Crippen molar-refractivity contribution in [1.29, 1.82) is 0 Å². The van der Waals surface area contributed by atoms with E-state index in [4.69, 9.17) is 22.1 Å². The molecule has 1 fully saturated rings. The predicted molar refractivity (Wildman–Crippen MR) is 122 cm³/mol. The second kappa shape index (κ2) is 9.01. The zero-order valence-electron chi connectivity index (χ0n) is 17.7. The van der Waals surface area contributed by atoms with Crippen LogP contribution in [0.3, 0.4) is 0 Å². The van der Waals surface area contributed by atoms with E-state index in [0.717, 1.165) is 17.4 Å². The molecule has 4 N–H and O–H groups in total. The highest BCUT2D eigenvalue weighted by atomic mass is 35.5. The largest absolute Gasteiger partial charge is 0.396 e. The van der Waals surface area contributed by atoms with Gasteiger partial charge >= 0.3 is 0 Å². The van der Waals surface area contributed by atoms with Gasteiger partial charge in [-0.25, -0.2) is 18.7 Å². The van der Waals surface area contributed by atoms with Crippen LogP contribution >= 0.6 is 22.9 Å². The number of fused-ring (bicyclic) bond motifs is 1. The number of nitroso groups, excluding NO2 is 1. The third kappa shape index (κ3) is 4.88. The lowest BCUT2D eigenvalue weighted by Crippen LogP contribution is -2.37. The molecule has 0 amide bonds. The van der Waals surface area contributed by atoms with Crippen LogP contribution in [0.15, 0.2) is 17.3 Å². The summed E-state index contributed by atoms with van der Waals surface area (Å²) in [6.45, 7) is 3.03. The second-order valence-electron chi connectivity index (χ2n) is 8.31. The molecule has 0 saturated heterocycles. The molecule has 2 aromatic heterocycles. The van der Waals surface area contributed by atoms with Crippen LogP contribution in [-0.2, 0) is 4.74 Å². The van der Waals surface area contributed by atoms with Gasteiger partial charge in [0.1, 0.15) is 27.3 Å². The van der Waals surface area contributed by atoms with Crippen molar-refractivity contribution in [2.24, 2.45) is 11.1 Å². The Hall–Kier alpha value is -2.54. The lowest BCUT2D eigenvalue weighted by molar-refractivity contribution is -0.0688. The number of hydrogen-bond acceptors (Lipinski definition) is 10. The fourth-order valence-corrected chi connectivity index (χ4v) is 5.28. The molecule has 1 saturated carbocycles. The number of thiazole rings is 1. The SMILES string of the molecule is CC(C)(N=O)O[C@@H]1C[C@@H](CO)C[C@H]1Nc1nc(N)nc(Cl)c1-c1nc2c(F)cc(F)cc2s1. The van der Waals surface area contributed by atoms with Crippen molar-refractivity contribution >= 4 is 44.9 Å². The average Bonchev–Trinajstić information content (AvgIpc) is 3.31. The van der Waals surface area contributed by atoms with Crippen molar-refractivity contribution < 1.29 is 18.6 Å². The van der Waals surface area contributed by atoms with Gasteiger partial charge in [-0.3, -0.25) is 0 Å². The molecular weight excluding hydrogens is 478 g/mol. The van der Waals surface area contributed by atoms with Gasteiger partial charge in [0.05, 0.1) is 22.4 Å². The Balaban J connectivity index is 1.74. The summed E-state index contributed by atoms with van der Waals surface area (Å²) in [5, 5.41) is 16.1. The molecule has 1 aliphatic carbocycles. The van der Waals surface area contributed by atoms with Crippen LogP contribution in [0.2, 0.25) is 5.15 Å². The minimum Gasteiger partial charge on any atom is -0.396 e. The van der Waals surface area contributed by atoms with Crippen LogP contribution in [0.25, 0.3) is 20.8 Å². The molecular formula is C20H21ClF2N6O3S. The van der Waals surface area contributed by atoms with Crippen molar-refractivity contribution in [2.45, 2.75) is 44.6 Å². The molecule has 0 bridgehead atoms. The number of hydrogen-bond donors (Lipinski definition) is 3. The van der Waals surface area contributed by atoms with E-state index in [9.17, 15) is 18.8 Å². The van der Waals surface area contributed by atoms with E-state index in [1.54, 1.807) is 13.8 Å². The lowest BCUT2D eigenvalue weighted by atomic mass is 10.1. The molecule has 3 aromatic rings. The van der Waals surface area contributed by atoms with Gasteiger partial charge in [-0.1, -0.05) is 11.6 Å². The Morgan fingerprint density at radius 2 is 2.09 bits per heavy atom. The number of aliphatic hydroxyl groups excluding tert-OH is 1. The molecule has 0 radical (unpaired) electrons. The van der Waals surface area contributed by atoms with Gasteiger partial charge in [-0.05, 0) is 43.9 Å². The molecule has 0 aliphatic heterocycles. The number of ether oxygens (including phenoxy) is 1. The summed E-state index contributed by atoms with van der Waals surface area (Å²) in [5.41, 5.74) is 4.81. The van der Waals surface area contributed by atoms with Crippen LogP contribution in [0.5, 0.6) is 0 Å². The highest BCUT2D eigenvalue weighted by Gasteiger charge is 2.39. The molecule has 1 aliphatic rings. The quantitative estimate of drug-likeness (QED) is 0.323. The summed E-state index contributed by atoms with van der Waals surface area (Å²) in [7, 11) is 0.